The van der Waals surface area contributed by atoms with Crippen molar-refractivity contribution in [1.29, 1.82) is 0 Å². The molecule has 2 aromatic carbocycles. The zero-order valence-electron chi connectivity index (χ0n) is 16.2. The highest BCUT2D eigenvalue weighted by atomic mass is 32.2. The lowest BCUT2D eigenvalue weighted by atomic mass is 10.0. The van der Waals surface area contributed by atoms with Crippen LogP contribution in [0, 0.1) is 13.8 Å². The first kappa shape index (κ1) is 19.9. The van der Waals surface area contributed by atoms with Gasteiger partial charge in [0.2, 0.25) is 0 Å². The van der Waals surface area contributed by atoms with Crippen LogP contribution in [0.3, 0.4) is 0 Å². The summed E-state index contributed by atoms with van der Waals surface area (Å²) in [6.07, 6.45) is 0.226. The van der Waals surface area contributed by atoms with Crippen molar-refractivity contribution in [2.45, 2.75) is 36.1 Å². The third-order valence-corrected chi connectivity index (χ3v) is 6.90. The summed E-state index contributed by atoms with van der Waals surface area (Å²) >= 11 is 1.70. The van der Waals surface area contributed by atoms with Crippen LogP contribution in [0.15, 0.2) is 70.5 Å². The van der Waals surface area contributed by atoms with Crippen molar-refractivity contribution in [1.82, 2.24) is 4.98 Å². The van der Waals surface area contributed by atoms with E-state index in [0.29, 0.717) is 0 Å². The van der Waals surface area contributed by atoms with Crippen LogP contribution in [-0.4, -0.2) is 23.7 Å². The number of rotatable bonds is 5. The van der Waals surface area contributed by atoms with E-state index in [4.69, 9.17) is 4.98 Å². The molecule has 1 N–H and O–H groups in total. The Morgan fingerprint density at radius 2 is 1.55 bits per heavy atom. The van der Waals surface area contributed by atoms with E-state index in [9.17, 15) is 13.0 Å². The molecule has 0 saturated carbocycles. The number of nitrogens with zero attached hydrogens (tertiary/aromatic N) is 2. The Hall–Kier alpha value is -2.35. The molecule has 1 aliphatic heterocycles. The van der Waals surface area contributed by atoms with Gasteiger partial charge in [0.1, 0.15) is 0 Å². The fourth-order valence-corrected chi connectivity index (χ4v) is 5.29. The lowest BCUT2D eigenvalue weighted by Gasteiger charge is -2.39. The first-order valence-corrected chi connectivity index (χ1v) is 11.8. The molecule has 3 aromatic rings. The normalized spacial score (nSPS) is 14.2. The van der Waals surface area contributed by atoms with Gasteiger partial charge in [-0.2, -0.15) is 8.42 Å². The molecule has 0 spiro atoms. The van der Waals surface area contributed by atoms with Gasteiger partial charge in [-0.25, -0.2) is 0 Å². The zero-order chi connectivity index (χ0) is 20.6. The van der Waals surface area contributed by atoms with E-state index in [2.05, 4.69) is 17.0 Å². The predicted octanol–water partition coefficient (Wildman–Crippen LogP) is 5.32. The highest BCUT2D eigenvalue weighted by Gasteiger charge is 2.32. The summed E-state index contributed by atoms with van der Waals surface area (Å²) in [5.41, 5.74) is 4.71. The topological polar surface area (TPSA) is 70.5 Å². The van der Waals surface area contributed by atoms with E-state index in [1.807, 2.05) is 62.4 Å². The molecule has 0 aliphatic carbocycles. The molecule has 1 atom stereocenters. The minimum Gasteiger partial charge on any atom is -0.330 e. The minimum atomic E-state index is -4.10. The van der Waals surface area contributed by atoms with Gasteiger partial charge in [-0.15, -0.1) is 0 Å². The van der Waals surface area contributed by atoms with Gasteiger partial charge in [-0.1, -0.05) is 42.1 Å². The Balaban J connectivity index is 1.91. The number of hydrogen-bond donors (Lipinski definition) is 1. The lowest BCUT2D eigenvalue weighted by Crippen LogP contribution is -2.29. The van der Waals surface area contributed by atoms with Crippen molar-refractivity contribution in [3.05, 3.63) is 77.6 Å². The predicted molar refractivity (Wildman–Crippen MR) is 117 cm³/mol. The van der Waals surface area contributed by atoms with Crippen molar-refractivity contribution < 1.29 is 13.0 Å². The summed E-state index contributed by atoms with van der Waals surface area (Å²) in [6.45, 7) is 3.91. The summed E-state index contributed by atoms with van der Waals surface area (Å²) in [5, 5.41) is 0. The molecule has 29 heavy (non-hydrogen) atoms. The molecule has 7 heteroatoms. The fraction of sp³-hybridized carbons (Fsp3) is 0.227. The molecule has 2 heterocycles. The van der Waals surface area contributed by atoms with Crippen molar-refractivity contribution in [3.63, 3.8) is 0 Å². The SMILES string of the molecule is Cc1ccc(C)c(C(CCS(=O)(=O)O)N2c3ccccc3Sc3ccccc32)n1. The molecule has 1 aliphatic rings. The largest absolute Gasteiger partial charge is 0.330 e. The highest BCUT2D eigenvalue weighted by molar-refractivity contribution is 7.99. The van der Waals surface area contributed by atoms with Gasteiger partial charge in [-0.05, 0) is 56.2 Å². The fourth-order valence-electron chi connectivity index (χ4n) is 3.70. The molecule has 150 valence electrons. The summed E-state index contributed by atoms with van der Waals surface area (Å²) in [5.74, 6) is -0.333. The lowest BCUT2D eigenvalue weighted by molar-refractivity contribution is 0.476. The monoisotopic (exact) mass is 426 g/mol. The summed E-state index contributed by atoms with van der Waals surface area (Å²) in [6, 6.07) is 19.8. The number of fused-ring (bicyclic) bond motifs is 2. The summed E-state index contributed by atoms with van der Waals surface area (Å²) in [7, 11) is -4.10. The average molecular weight is 427 g/mol. The first-order chi connectivity index (χ1) is 13.8. The third-order valence-electron chi connectivity index (χ3n) is 5.02. The zero-order valence-corrected chi connectivity index (χ0v) is 17.9. The van der Waals surface area contributed by atoms with Crippen LogP contribution in [0.2, 0.25) is 0 Å². The van der Waals surface area contributed by atoms with E-state index in [-0.39, 0.29) is 18.2 Å². The van der Waals surface area contributed by atoms with Crippen LogP contribution in [0.5, 0.6) is 0 Å². The quantitative estimate of drug-likeness (QED) is 0.557. The van der Waals surface area contributed by atoms with Gasteiger partial charge in [0.05, 0.1) is 28.9 Å². The molecule has 0 amide bonds. The standard InChI is InChI=1S/C22H22N2O3S2/c1-15-11-12-16(2)23-22(15)19(13-14-29(25,26)27)24-17-7-3-5-9-20(17)28-21-10-6-4-8-18(21)24/h3-12,19H,13-14H2,1-2H3,(H,25,26,27). The maximum absolute atomic E-state index is 11.6. The van der Waals surface area contributed by atoms with Crippen LogP contribution >= 0.6 is 11.8 Å². The molecule has 1 aromatic heterocycles. The molecular formula is C22H22N2O3S2. The average Bonchev–Trinajstić information content (AvgIpc) is 2.69. The number of pyridine rings is 1. The van der Waals surface area contributed by atoms with Gasteiger partial charge in [0, 0.05) is 15.5 Å². The van der Waals surface area contributed by atoms with E-state index < -0.39 is 10.1 Å². The van der Waals surface area contributed by atoms with Crippen molar-refractivity contribution >= 4 is 33.3 Å². The molecule has 1 unspecified atom stereocenters. The number of benzene rings is 2. The van der Waals surface area contributed by atoms with Crippen molar-refractivity contribution in [2.75, 3.05) is 10.7 Å². The van der Waals surface area contributed by atoms with Crippen LogP contribution in [0.4, 0.5) is 11.4 Å². The number of anilines is 2. The van der Waals surface area contributed by atoms with Gasteiger partial charge < -0.3 is 4.90 Å². The van der Waals surface area contributed by atoms with E-state index in [1.54, 1.807) is 11.8 Å². The second kappa shape index (κ2) is 7.82. The number of para-hydroxylation sites is 2. The smallest absolute Gasteiger partial charge is 0.264 e. The van der Waals surface area contributed by atoms with E-state index >= 15 is 0 Å². The van der Waals surface area contributed by atoms with Gasteiger partial charge in [0.25, 0.3) is 10.1 Å². The van der Waals surface area contributed by atoms with Gasteiger partial charge >= 0.3 is 0 Å². The number of aromatic nitrogens is 1. The Kier molecular flexibility index (Phi) is 5.38. The minimum absolute atomic E-state index is 0.226. The molecule has 0 bridgehead atoms. The van der Waals surface area contributed by atoms with E-state index in [1.165, 1.54) is 0 Å². The summed E-state index contributed by atoms with van der Waals surface area (Å²) < 4.78 is 32.7. The molecule has 4 rings (SSSR count). The second-order valence-electron chi connectivity index (χ2n) is 7.15. The first-order valence-electron chi connectivity index (χ1n) is 9.38. The van der Waals surface area contributed by atoms with Crippen molar-refractivity contribution in [2.24, 2.45) is 0 Å². The Morgan fingerprint density at radius 3 is 2.14 bits per heavy atom. The second-order valence-corrected chi connectivity index (χ2v) is 9.81. The molecule has 5 nitrogen and oxygen atoms in total. The van der Waals surface area contributed by atoms with Gasteiger partial charge in [0.15, 0.2) is 0 Å². The molecule has 0 saturated heterocycles. The molecule has 0 radical (unpaired) electrons. The van der Waals surface area contributed by atoms with Gasteiger partial charge in [-0.3, -0.25) is 9.54 Å². The Morgan fingerprint density at radius 1 is 0.966 bits per heavy atom. The number of hydrogen-bond acceptors (Lipinski definition) is 5. The van der Waals surface area contributed by atoms with E-state index in [0.717, 1.165) is 38.1 Å². The number of aryl methyl sites for hydroxylation is 2. The van der Waals surface area contributed by atoms with Crippen LogP contribution in [0.1, 0.15) is 29.4 Å². The molecule has 0 fully saturated rings. The maximum Gasteiger partial charge on any atom is 0.264 e. The summed E-state index contributed by atoms with van der Waals surface area (Å²) in [4.78, 5) is 9.15. The third kappa shape index (κ3) is 4.17. The highest BCUT2D eigenvalue weighted by Crippen LogP contribution is 2.51. The maximum atomic E-state index is 11.6. The molecular weight excluding hydrogens is 404 g/mol. The van der Waals surface area contributed by atoms with Crippen LogP contribution < -0.4 is 4.90 Å². The Bertz CT molecular complexity index is 1120. The Labute approximate surface area is 175 Å². The van der Waals surface area contributed by atoms with Crippen LogP contribution in [0.25, 0.3) is 0 Å². The van der Waals surface area contributed by atoms with Crippen LogP contribution in [-0.2, 0) is 10.1 Å². The van der Waals surface area contributed by atoms with Crippen molar-refractivity contribution in [3.8, 4) is 0 Å².